The summed E-state index contributed by atoms with van der Waals surface area (Å²) in [5, 5.41) is 8.52. The molecule has 1 heterocycles. The summed E-state index contributed by atoms with van der Waals surface area (Å²) in [6.45, 7) is 2.48. The van der Waals surface area contributed by atoms with Gasteiger partial charge in [0.15, 0.2) is 5.16 Å². The van der Waals surface area contributed by atoms with Gasteiger partial charge in [0.2, 0.25) is 5.91 Å². The maximum Gasteiger partial charge on any atom is 0.416 e. The molecule has 0 spiro atoms. The number of rotatable bonds is 8. The lowest BCUT2D eigenvalue weighted by atomic mass is 10.2. The summed E-state index contributed by atoms with van der Waals surface area (Å²) in [6.07, 6.45) is -3.83. The first-order valence-corrected chi connectivity index (χ1v) is 8.89. The third-order valence-corrected chi connectivity index (χ3v) is 4.67. The van der Waals surface area contributed by atoms with E-state index < -0.39 is 22.9 Å². The molecule has 0 radical (unpaired) electrons. The fourth-order valence-corrected chi connectivity index (χ4v) is 3.04. The first-order chi connectivity index (χ1) is 12.7. The molecule has 0 saturated carbocycles. The number of hydrogen-bond acceptors (Lipinski definition) is 5. The van der Waals surface area contributed by atoms with Crippen LogP contribution in [0.25, 0.3) is 0 Å². The van der Waals surface area contributed by atoms with E-state index in [0.29, 0.717) is 24.7 Å². The summed E-state index contributed by atoms with van der Waals surface area (Å²) < 4.78 is 44.1. The van der Waals surface area contributed by atoms with Crippen LogP contribution in [0, 0.1) is 0 Å². The largest absolute Gasteiger partial charge is 0.416 e. The number of nitrogens with one attached hydrogen (secondary N) is 2. The molecule has 27 heavy (non-hydrogen) atoms. The number of H-pyrrole nitrogens is 1. The zero-order valence-corrected chi connectivity index (χ0v) is 15.5. The van der Waals surface area contributed by atoms with Crippen molar-refractivity contribution in [3.63, 3.8) is 0 Å². The summed E-state index contributed by atoms with van der Waals surface area (Å²) in [5.41, 5.74) is -0.927. The van der Waals surface area contributed by atoms with E-state index in [1.165, 1.54) is 16.7 Å². The van der Waals surface area contributed by atoms with Gasteiger partial charge >= 0.3 is 11.9 Å². The Morgan fingerprint density at radius 1 is 1.37 bits per heavy atom. The second kappa shape index (κ2) is 9.09. The molecular weight excluding hydrogens is 385 g/mol. The van der Waals surface area contributed by atoms with Crippen LogP contribution < -0.4 is 11.0 Å². The number of aromatic nitrogens is 3. The van der Waals surface area contributed by atoms with Gasteiger partial charge in [-0.2, -0.15) is 13.2 Å². The summed E-state index contributed by atoms with van der Waals surface area (Å²) >= 11 is 1.07. The van der Waals surface area contributed by atoms with Crippen molar-refractivity contribution in [2.24, 2.45) is 0 Å². The van der Waals surface area contributed by atoms with Crippen LogP contribution in [-0.2, 0) is 22.3 Å². The Morgan fingerprint density at radius 2 is 2.04 bits per heavy atom. The van der Waals surface area contributed by atoms with Crippen LogP contribution in [0.3, 0.4) is 0 Å². The van der Waals surface area contributed by atoms with Gasteiger partial charge in [-0.15, -0.1) is 5.10 Å². The van der Waals surface area contributed by atoms with E-state index in [2.05, 4.69) is 15.5 Å². The van der Waals surface area contributed by atoms with Crippen molar-refractivity contribution in [2.45, 2.75) is 36.5 Å². The minimum Gasteiger partial charge on any atom is -0.385 e. The fourth-order valence-electron chi connectivity index (χ4n) is 2.16. The molecule has 0 aliphatic heterocycles. The van der Waals surface area contributed by atoms with Crippen molar-refractivity contribution in [1.82, 2.24) is 14.8 Å². The van der Waals surface area contributed by atoms with Gasteiger partial charge in [-0.3, -0.25) is 9.36 Å². The Morgan fingerprint density at radius 3 is 2.63 bits per heavy atom. The summed E-state index contributed by atoms with van der Waals surface area (Å²) in [5.74, 6) is -0.418. The number of methoxy groups -OCH3 is 1. The predicted molar refractivity (Wildman–Crippen MR) is 94.7 cm³/mol. The Hall–Kier alpha value is -2.27. The molecule has 0 bridgehead atoms. The van der Waals surface area contributed by atoms with E-state index in [4.69, 9.17) is 4.74 Å². The molecule has 0 aliphatic rings. The SMILES string of the molecule is COCCCn1c(SC(C)C(=O)Nc2ccc(C(F)(F)F)cc2)n[nH]c1=O. The average Bonchev–Trinajstić information content (AvgIpc) is 2.95. The number of benzene rings is 1. The summed E-state index contributed by atoms with van der Waals surface area (Å²) in [4.78, 5) is 24.1. The molecule has 1 atom stereocenters. The number of alkyl halides is 3. The van der Waals surface area contributed by atoms with Crippen LogP contribution in [0.15, 0.2) is 34.2 Å². The molecule has 2 aromatic rings. The van der Waals surface area contributed by atoms with E-state index >= 15 is 0 Å². The maximum absolute atomic E-state index is 12.6. The zero-order chi connectivity index (χ0) is 20.0. The zero-order valence-electron chi connectivity index (χ0n) is 14.7. The molecule has 1 aromatic carbocycles. The number of halogens is 3. The minimum atomic E-state index is -4.43. The number of nitrogens with zero attached hydrogens (tertiary/aromatic N) is 2. The van der Waals surface area contributed by atoms with Crippen LogP contribution in [0.4, 0.5) is 18.9 Å². The Labute approximate surface area is 157 Å². The van der Waals surface area contributed by atoms with Gasteiger partial charge < -0.3 is 10.1 Å². The van der Waals surface area contributed by atoms with Gasteiger partial charge in [0.25, 0.3) is 0 Å². The lowest BCUT2D eigenvalue weighted by molar-refractivity contribution is -0.137. The topological polar surface area (TPSA) is 89.0 Å². The molecular formula is C16H19F3N4O3S. The molecule has 11 heteroatoms. The molecule has 7 nitrogen and oxygen atoms in total. The molecule has 0 saturated heterocycles. The third-order valence-electron chi connectivity index (χ3n) is 3.58. The van der Waals surface area contributed by atoms with Crippen LogP contribution in [0.5, 0.6) is 0 Å². The number of carbonyl (C=O) groups is 1. The van der Waals surface area contributed by atoms with E-state index in [9.17, 15) is 22.8 Å². The number of amides is 1. The molecule has 1 unspecified atom stereocenters. The smallest absolute Gasteiger partial charge is 0.385 e. The van der Waals surface area contributed by atoms with Gasteiger partial charge in [-0.05, 0) is 37.6 Å². The Balaban J connectivity index is 1.99. The quantitative estimate of drug-likeness (QED) is 0.522. The average molecular weight is 404 g/mol. The number of carbonyl (C=O) groups excluding carboxylic acids is 1. The normalized spacial score (nSPS) is 12.8. The van der Waals surface area contributed by atoms with Crippen molar-refractivity contribution in [2.75, 3.05) is 19.0 Å². The Kier molecular flexibility index (Phi) is 7.08. The van der Waals surface area contributed by atoms with Crippen molar-refractivity contribution >= 4 is 23.4 Å². The minimum absolute atomic E-state index is 0.250. The lowest BCUT2D eigenvalue weighted by Gasteiger charge is -2.13. The number of hydrogen-bond donors (Lipinski definition) is 2. The Bertz CT molecular complexity index is 818. The van der Waals surface area contributed by atoms with Crippen LogP contribution >= 0.6 is 11.8 Å². The van der Waals surface area contributed by atoms with E-state index in [1.807, 2.05) is 0 Å². The number of ether oxygens (including phenoxy) is 1. The predicted octanol–water partition coefficient (Wildman–Crippen LogP) is 2.75. The van der Waals surface area contributed by atoms with Gasteiger partial charge in [-0.1, -0.05) is 11.8 Å². The van der Waals surface area contributed by atoms with E-state index in [-0.39, 0.29) is 11.4 Å². The fraction of sp³-hybridized carbons (Fsp3) is 0.438. The molecule has 148 valence electrons. The lowest BCUT2D eigenvalue weighted by Crippen LogP contribution is -2.24. The van der Waals surface area contributed by atoms with E-state index in [1.54, 1.807) is 14.0 Å². The number of aromatic amines is 1. The molecule has 2 rings (SSSR count). The number of thioether (sulfide) groups is 1. The second-order valence-electron chi connectivity index (χ2n) is 5.63. The van der Waals surface area contributed by atoms with Gasteiger partial charge in [0.05, 0.1) is 10.8 Å². The van der Waals surface area contributed by atoms with Crippen LogP contribution in [-0.4, -0.2) is 39.6 Å². The summed E-state index contributed by atoms with van der Waals surface area (Å²) in [6, 6.07) is 4.17. The van der Waals surface area contributed by atoms with Crippen molar-refractivity contribution in [3.8, 4) is 0 Å². The molecule has 0 fully saturated rings. The molecule has 0 aliphatic carbocycles. The highest BCUT2D eigenvalue weighted by molar-refractivity contribution is 8.00. The standard InChI is InChI=1S/C16H19F3N4O3S/c1-10(27-15-22-21-14(25)23(15)8-3-9-26-2)13(24)20-12-6-4-11(5-7-12)16(17,18)19/h4-7,10H,3,8-9H2,1-2H3,(H,20,24)(H,21,25). The molecule has 1 aromatic heterocycles. The third kappa shape index (κ3) is 5.86. The van der Waals surface area contributed by atoms with Gasteiger partial charge in [-0.25, -0.2) is 9.89 Å². The van der Waals surface area contributed by atoms with Gasteiger partial charge in [0.1, 0.15) is 0 Å². The van der Waals surface area contributed by atoms with Crippen molar-refractivity contribution in [1.29, 1.82) is 0 Å². The first kappa shape index (κ1) is 21.0. The van der Waals surface area contributed by atoms with Crippen molar-refractivity contribution in [3.05, 3.63) is 40.3 Å². The maximum atomic E-state index is 12.6. The van der Waals surface area contributed by atoms with Gasteiger partial charge in [0, 0.05) is 25.9 Å². The highest BCUT2D eigenvalue weighted by Crippen LogP contribution is 2.30. The van der Waals surface area contributed by atoms with Crippen LogP contribution in [0.2, 0.25) is 0 Å². The molecule has 2 N–H and O–H groups in total. The summed E-state index contributed by atoms with van der Waals surface area (Å²) in [7, 11) is 1.56. The van der Waals surface area contributed by atoms with Crippen LogP contribution in [0.1, 0.15) is 18.9 Å². The van der Waals surface area contributed by atoms with E-state index in [0.717, 1.165) is 23.9 Å². The monoisotopic (exact) mass is 404 g/mol. The first-order valence-electron chi connectivity index (χ1n) is 8.01. The highest BCUT2D eigenvalue weighted by atomic mass is 32.2. The highest BCUT2D eigenvalue weighted by Gasteiger charge is 2.30. The van der Waals surface area contributed by atoms with Crippen molar-refractivity contribution < 1.29 is 22.7 Å². The molecule has 1 amide bonds. The number of anilines is 1. The second-order valence-corrected chi connectivity index (χ2v) is 6.94.